The molecule has 164 valence electrons. The summed E-state index contributed by atoms with van der Waals surface area (Å²) in [5, 5.41) is 18.8. The molecule has 1 aliphatic heterocycles. The van der Waals surface area contributed by atoms with Crippen molar-refractivity contribution in [3.63, 3.8) is 0 Å². The molecule has 11 heteroatoms. The number of hydrogen-bond donors (Lipinski definition) is 2. The molecule has 2 atom stereocenters. The van der Waals surface area contributed by atoms with E-state index < -0.39 is 29.1 Å². The van der Waals surface area contributed by atoms with Gasteiger partial charge in [-0.1, -0.05) is 18.3 Å². The van der Waals surface area contributed by atoms with Crippen molar-refractivity contribution in [2.24, 2.45) is 11.7 Å². The Balaban J connectivity index is 1.71. The number of halogens is 2. The van der Waals surface area contributed by atoms with Crippen LogP contribution >= 0.6 is 11.3 Å². The summed E-state index contributed by atoms with van der Waals surface area (Å²) in [7, 11) is 0. The van der Waals surface area contributed by atoms with Crippen LogP contribution in [0.25, 0.3) is 10.6 Å². The fourth-order valence-corrected chi connectivity index (χ4v) is 4.46. The number of esters is 1. The van der Waals surface area contributed by atoms with Crippen LogP contribution in [0, 0.1) is 5.92 Å². The highest BCUT2D eigenvalue weighted by atomic mass is 32.1. The van der Waals surface area contributed by atoms with Crippen LogP contribution in [-0.2, 0) is 17.7 Å². The number of hydrogen-bond acceptors (Lipinski definition) is 8. The fourth-order valence-electron chi connectivity index (χ4n) is 3.59. The standard InChI is InChI=1S/C20H20F2N4O4S/c1-9-2-3-30-20(29)16-18(28)17(27)12(8-26(16)7-9)19-25-24-15(31-19)6-11-13(21)4-10(23)5-14(11)22/h4,8-9,14,28H,2-3,5-7,23H2,1H3/t9-,14?/m0/s1. The number of aromatic nitrogens is 3. The number of alkyl halides is 1. The minimum Gasteiger partial charge on any atom is -0.502 e. The minimum atomic E-state index is -1.56. The predicted molar refractivity (Wildman–Crippen MR) is 109 cm³/mol. The molecule has 31 heavy (non-hydrogen) atoms. The Morgan fingerprint density at radius 1 is 1.39 bits per heavy atom. The Bertz CT molecular complexity index is 1170. The molecule has 3 N–H and O–H groups in total. The smallest absolute Gasteiger partial charge is 0.359 e. The number of fused-ring (bicyclic) bond motifs is 1. The van der Waals surface area contributed by atoms with E-state index in [0.717, 1.165) is 17.4 Å². The van der Waals surface area contributed by atoms with Crippen molar-refractivity contribution in [3.05, 3.63) is 50.3 Å². The second-order valence-electron chi connectivity index (χ2n) is 7.69. The maximum atomic E-state index is 14.2. The zero-order chi connectivity index (χ0) is 22.3. The van der Waals surface area contributed by atoms with E-state index in [1.54, 1.807) is 0 Å². The van der Waals surface area contributed by atoms with E-state index in [0.29, 0.717) is 18.0 Å². The minimum absolute atomic E-state index is 0.0459. The third-order valence-electron chi connectivity index (χ3n) is 5.25. The number of pyridine rings is 1. The second-order valence-corrected chi connectivity index (χ2v) is 8.76. The first kappa shape index (κ1) is 21.2. The molecule has 3 heterocycles. The third kappa shape index (κ3) is 4.09. The van der Waals surface area contributed by atoms with Crippen molar-refractivity contribution < 1.29 is 23.4 Å². The van der Waals surface area contributed by atoms with Gasteiger partial charge in [0.1, 0.15) is 17.0 Å². The van der Waals surface area contributed by atoms with Crippen molar-refractivity contribution >= 4 is 17.3 Å². The highest BCUT2D eigenvalue weighted by Crippen LogP contribution is 2.31. The molecule has 0 radical (unpaired) electrons. The average Bonchev–Trinajstić information content (AvgIpc) is 3.14. The quantitative estimate of drug-likeness (QED) is 0.690. The van der Waals surface area contributed by atoms with E-state index in [-0.39, 0.29) is 52.9 Å². The van der Waals surface area contributed by atoms with E-state index in [1.165, 1.54) is 10.8 Å². The Hall–Kier alpha value is -3.08. The molecule has 4 rings (SSSR count). The Labute approximate surface area is 179 Å². The number of allylic oxidation sites excluding steroid dienone is 4. The number of ether oxygens (including phenoxy) is 1. The van der Waals surface area contributed by atoms with Crippen LogP contribution in [0.2, 0.25) is 0 Å². The average molecular weight is 450 g/mol. The van der Waals surface area contributed by atoms with Gasteiger partial charge in [0.05, 0.1) is 12.2 Å². The maximum Gasteiger partial charge on any atom is 0.359 e. The van der Waals surface area contributed by atoms with Crippen LogP contribution in [0.5, 0.6) is 5.75 Å². The van der Waals surface area contributed by atoms with Gasteiger partial charge in [-0.15, -0.1) is 10.2 Å². The molecule has 0 spiro atoms. The zero-order valence-electron chi connectivity index (χ0n) is 16.6. The van der Waals surface area contributed by atoms with Crippen LogP contribution in [0.3, 0.4) is 0 Å². The van der Waals surface area contributed by atoms with Crippen molar-refractivity contribution in [1.82, 2.24) is 14.8 Å². The number of nitrogens with zero attached hydrogens (tertiary/aromatic N) is 3. The summed E-state index contributed by atoms with van der Waals surface area (Å²) in [6.45, 7) is 2.56. The summed E-state index contributed by atoms with van der Waals surface area (Å²) in [5.41, 5.74) is 4.61. The molecule has 1 aliphatic carbocycles. The number of nitrogens with two attached hydrogens (primary N) is 1. The zero-order valence-corrected chi connectivity index (χ0v) is 17.4. The van der Waals surface area contributed by atoms with Crippen molar-refractivity contribution in [2.45, 2.75) is 38.9 Å². The summed E-state index contributed by atoms with van der Waals surface area (Å²) >= 11 is 0.987. The molecule has 2 aromatic heterocycles. The maximum absolute atomic E-state index is 14.2. The third-order valence-corrected chi connectivity index (χ3v) is 6.21. The SMILES string of the molecule is C[C@H]1CCOC(=O)c2c(O)c(=O)c(-c3nnc(CC4=C(F)C=C(N)CC4F)s3)cn2C1. The number of carbonyl (C=O) groups excluding carboxylic acids is 1. The molecule has 2 aliphatic rings. The lowest BCUT2D eigenvalue weighted by molar-refractivity contribution is 0.0440. The Morgan fingerprint density at radius 2 is 2.16 bits per heavy atom. The van der Waals surface area contributed by atoms with E-state index >= 15 is 0 Å². The van der Waals surface area contributed by atoms with E-state index in [4.69, 9.17) is 10.5 Å². The van der Waals surface area contributed by atoms with E-state index in [9.17, 15) is 23.5 Å². The highest BCUT2D eigenvalue weighted by Gasteiger charge is 2.28. The monoisotopic (exact) mass is 450 g/mol. The number of aromatic hydroxyl groups is 1. The van der Waals surface area contributed by atoms with Gasteiger partial charge in [0.15, 0.2) is 16.5 Å². The van der Waals surface area contributed by atoms with Crippen LogP contribution < -0.4 is 11.2 Å². The van der Waals surface area contributed by atoms with Gasteiger partial charge < -0.3 is 20.1 Å². The van der Waals surface area contributed by atoms with Crippen molar-refractivity contribution in [3.8, 4) is 16.3 Å². The molecule has 0 bridgehead atoms. The number of carbonyl (C=O) groups is 1. The van der Waals surface area contributed by atoms with Crippen LogP contribution in [-0.4, -0.2) is 38.6 Å². The predicted octanol–water partition coefficient (Wildman–Crippen LogP) is 2.62. The molecule has 0 amide bonds. The molecule has 0 saturated carbocycles. The van der Waals surface area contributed by atoms with Gasteiger partial charge in [-0.25, -0.2) is 13.6 Å². The van der Waals surface area contributed by atoms with Crippen LogP contribution in [0.4, 0.5) is 8.78 Å². The Morgan fingerprint density at radius 3 is 2.90 bits per heavy atom. The second kappa shape index (κ2) is 8.22. The van der Waals surface area contributed by atoms with E-state index in [1.807, 2.05) is 6.92 Å². The summed E-state index contributed by atoms with van der Waals surface area (Å²) in [4.78, 5) is 25.0. The van der Waals surface area contributed by atoms with Gasteiger partial charge in [-0.05, 0) is 18.4 Å². The Kier molecular flexibility index (Phi) is 5.61. The van der Waals surface area contributed by atoms with E-state index in [2.05, 4.69) is 10.2 Å². The fraction of sp³-hybridized carbons (Fsp3) is 0.400. The highest BCUT2D eigenvalue weighted by molar-refractivity contribution is 7.14. The van der Waals surface area contributed by atoms with Crippen molar-refractivity contribution in [2.75, 3.05) is 6.61 Å². The summed E-state index contributed by atoms with van der Waals surface area (Å²) < 4.78 is 34.9. The van der Waals surface area contributed by atoms with Crippen molar-refractivity contribution in [1.29, 1.82) is 0 Å². The first-order valence-electron chi connectivity index (χ1n) is 9.69. The normalized spacial score (nSPS) is 21.8. The number of rotatable bonds is 3. The summed E-state index contributed by atoms with van der Waals surface area (Å²) in [6.07, 6.45) is 1.40. The van der Waals surface area contributed by atoms with Crippen LogP contribution in [0.15, 0.2) is 34.2 Å². The lowest BCUT2D eigenvalue weighted by atomic mass is 9.97. The molecule has 1 unspecified atom stereocenters. The lowest BCUT2D eigenvalue weighted by Gasteiger charge is -2.22. The number of cyclic esters (lactones) is 1. The summed E-state index contributed by atoms with van der Waals surface area (Å²) in [5.74, 6) is -2.10. The largest absolute Gasteiger partial charge is 0.502 e. The van der Waals surface area contributed by atoms with Gasteiger partial charge in [-0.2, -0.15) is 0 Å². The molecular formula is C20H20F2N4O4S. The molecule has 2 aromatic rings. The van der Waals surface area contributed by atoms with Gasteiger partial charge in [-0.3, -0.25) is 4.79 Å². The molecule has 8 nitrogen and oxygen atoms in total. The van der Waals surface area contributed by atoms with Crippen LogP contribution in [0.1, 0.15) is 35.3 Å². The lowest BCUT2D eigenvalue weighted by Crippen LogP contribution is -2.26. The van der Waals surface area contributed by atoms with Gasteiger partial charge in [0.25, 0.3) is 0 Å². The molecule has 0 aromatic carbocycles. The first-order valence-corrected chi connectivity index (χ1v) is 10.5. The first-order chi connectivity index (χ1) is 14.7. The topological polar surface area (TPSA) is 120 Å². The molecule has 0 fully saturated rings. The summed E-state index contributed by atoms with van der Waals surface area (Å²) in [6, 6.07) is 0. The van der Waals surface area contributed by atoms with Gasteiger partial charge >= 0.3 is 5.97 Å². The van der Waals surface area contributed by atoms with Gasteiger partial charge in [0, 0.05) is 36.9 Å². The molecular weight excluding hydrogens is 430 g/mol. The molecule has 0 saturated heterocycles. The van der Waals surface area contributed by atoms with Gasteiger partial charge in [0.2, 0.25) is 5.43 Å².